The van der Waals surface area contributed by atoms with Crippen LogP contribution in [0.3, 0.4) is 0 Å². The quantitative estimate of drug-likeness (QED) is 0.476. The van der Waals surface area contributed by atoms with E-state index in [1.54, 1.807) is 0 Å². The van der Waals surface area contributed by atoms with Gasteiger partial charge in [0, 0.05) is 25.4 Å². The van der Waals surface area contributed by atoms with Crippen LogP contribution in [0, 0.1) is 0 Å². The van der Waals surface area contributed by atoms with Crippen molar-refractivity contribution in [2.24, 2.45) is 0 Å². The fourth-order valence-corrected chi connectivity index (χ4v) is 6.98. The standard InChI is InChI=1S/C28H34N2O3S/c1-33-17-18-34(31,32)29-25-11-5-10-24(19-25)28-14-6-12-26(20-28)30(16-15-28)21-23-9-4-8-22-7-2-3-13-27(22)23/h2-5,7-11,13,19,26,29H,6,12,14-18,20-21H2,1H3. The molecule has 180 valence electrons. The van der Waals surface area contributed by atoms with E-state index in [-0.39, 0.29) is 17.8 Å². The highest BCUT2D eigenvalue weighted by molar-refractivity contribution is 7.92. The van der Waals surface area contributed by atoms with Crippen molar-refractivity contribution in [3.8, 4) is 0 Å². The fourth-order valence-electron chi connectivity index (χ4n) is 6.01. The van der Waals surface area contributed by atoms with Crippen LogP contribution < -0.4 is 4.72 Å². The Labute approximate surface area is 203 Å². The Morgan fingerprint density at radius 1 is 1.06 bits per heavy atom. The van der Waals surface area contributed by atoms with Crippen molar-refractivity contribution in [1.29, 1.82) is 0 Å². The molecular weight excluding hydrogens is 444 g/mol. The van der Waals surface area contributed by atoms with Crippen LogP contribution in [-0.4, -0.2) is 45.4 Å². The van der Waals surface area contributed by atoms with Gasteiger partial charge in [0.15, 0.2) is 0 Å². The number of methoxy groups -OCH3 is 1. The van der Waals surface area contributed by atoms with Crippen LogP contribution in [0.15, 0.2) is 66.7 Å². The molecule has 0 spiro atoms. The summed E-state index contributed by atoms with van der Waals surface area (Å²) in [4.78, 5) is 2.68. The Morgan fingerprint density at radius 2 is 1.88 bits per heavy atom. The predicted molar refractivity (Wildman–Crippen MR) is 139 cm³/mol. The van der Waals surface area contributed by atoms with Gasteiger partial charge in [-0.15, -0.1) is 0 Å². The number of anilines is 1. The Bertz CT molecular complexity index is 1250. The lowest BCUT2D eigenvalue weighted by Gasteiger charge is -2.51. The Kier molecular flexibility index (Phi) is 6.65. The lowest BCUT2D eigenvalue weighted by molar-refractivity contribution is 0.0462. The number of ether oxygens (including phenoxy) is 1. The molecule has 1 saturated heterocycles. The summed E-state index contributed by atoms with van der Waals surface area (Å²) in [7, 11) is -1.90. The molecule has 34 heavy (non-hydrogen) atoms. The van der Waals surface area contributed by atoms with Crippen molar-refractivity contribution < 1.29 is 13.2 Å². The molecular formula is C28H34N2O3S. The van der Waals surface area contributed by atoms with Gasteiger partial charge in [0.1, 0.15) is 0 Å². The minimum absolute atomic E-state index is 0.0376. The van der Waals surface area contributed by atoms with Crippen molar-refractivity contribution >= 4 is 26.5 Å². The Balaban J connectivity index is 1.34. The van der Waals surface area contributed by atoms with Crippen LogP contribution >= 0.6 is 0 Å². The molecule has 2 unspecified atom stereocenters. The molecule has 2 aliphatic rings. The molecule has 1 saturated carbocycles. The third kappa shape index (κ3) is 4.85. The van der Waals surface area contributed by atoms with Gasteiger partial charge >= 0.3 is 0 Å². The number of fused-ring (bicyclic) bond motifs is 3. The van der Waals surface area contributed by atoms with E-state index in [0.717, 1.165) is 25.9 Å². The first-order chi connectivity index (χ1) is 16.5. The number of nitrogens with zero attached hydrogens (tertiary/aromatic N) is 1. The first kappa shape index (κ1) is 23.3. The summed E-state index contributed by atoms with van der Waals surface area (Å²) in [6.07, 6.45) is 5.85. The highest BCUT2D eigenvalue weighted by Crippen LogP contribution is 2.47. The zero-order chi connectivity index (χ0) is 23.6. The topological polar surface area (TPSA) is 58.6 Å². The summed E-state index contributed by atoms with van der Waals surface area (Å²) in [6, 6.07) is 23.9. The monoisotopic (exact) mass is 478 g/mol. The van der Waals surface area contributed by atoms with Gasteiger partial charge in [-0.1, -0.05) is 61.0 Å². The second-order valence-corrected chi connectivity index (χ2v) is 11.7. The number of sulfonamides is 1. The van der Waals surface area contributed by atoms with Gasteiger partial charge in [0.2, 0.25) is 10.0 Å². The first-order valence-electron chi connectivity index (χ1n) is 12.3. The van der Waals surface area contributed by atoms with Crippen molar-refractivity contribution in [2.75, 3.05) is 30.7 Å². The lowest BCUT2D eigenvalue weighted by atomic mass is 9.63. The van der Waals surface area contributed by atoms with E-state index >= 15 is 0 Å². The SMILES string of the molecule is COCCS(=O)(=O)Nc1cccc(C23CCCC(C2)N(Cc2cccc4ccccc24)CC3)c1. The molecule has 2 bridgehead atoms. The molecule has 1 heterocycles. The zero-order valence-electron chi connectivity index (χ0n) is 19.9. The van der Waals surface area contributed by atoms with E-state index in [1.165, 1.54) is 48.3 Å². The molecule has 0 aromatic heterocycles. The summed E-state index contributed by atoms with van der Waals surface area (Å²) in [5.74, 6) is -0.0376. The number of benzene rings is 3. The summed E-state index contributed by atoms with van der Waals surface area (Å²) in [5, 5.41) is 2.66. The van der Waals surface area contributed by atoms with Crippen LogP contribution in [0.1, 0.15) is 43.2 Å². The second-order valence-electron chi connectivity index (χ2n) is 9.88. The zero-order valence-corrected chi connectivity index (χ0v) is 20.7. The first-order valence-corrected chi connectivity index (χ1v) is 13.9. The van der Waals surface area contributed by atoms with Crippen molar-refractivity contribution in [1.82, 2.24) is 4.90 Å². The van der Waals surface area contributed by atoms with Gasteiger partial charge in [-0.3, -0.25) is 9.62 Å². The Morgan fingerprint density at radius 3 is 2.76 bits per heavy atom. The molecule has 2 fully saturated rings. The van der Waals surface area contributed by atoms with E-state index in [1.807, 2.05) is 12.1 Å². The van der Waals surface area contributed by atoms with Crippen LogP contribution in [0.2, 0.25) is 0 Å². The van der Waals surface area contributed by atoms with Crippen molar-refractivity contribution in [3.63, 3.8) is 0 Å². The number of piperidine rings is 1. The van der Waals surface area contributed by atoms with Crippen LogP contribution in [0.25, 0.3) is 10.8 Å². The van der Waals surface area contributed by atoms with E-state index in [0.29, 0.717) is 11.7 Å². The van der Waals surface area contributed by atoms with Crippen LogP contribution in [-0.2, 0) is 26.7 Å². The molecule has 1 N–H and O–H groups in total. The third-order valence-corrected chi connectivity index (χ3v) is 9.02. The molecule has 0 amide bonds. The molecule has 2 atom stereocenters. The highest BCUT2D eigenvalue weighted by Gasteiger charge is 2.43. The van der Waals surface area contributed by atoms with Gasteiger partial charge in [-0.05, 0) is 71.7 Å². The van der Waals surface area contributed by atoms with E-state index in [2.05, 4.69) is 64.2 Å². The number of likely N-dealkylation sites (tertiary alicyclic amines) is 1. The highest BCUT2D eigenvalue weighted by atomic mass is 32.2. The number of hydrogen-bond acceptors (Lipinski definition) is 4. The molecule has 6 heteroatoms. The molecule has 5 rings (SSSR count). The smallest absolute Gasteiger partial charge is 0.234 e. The van der Waals surface area contributed by atoms with Crippen LogP contribution in [0.4, 0.5) is 5.69 Å². The van der Waals surface area contributed by atoms with Crippen LogP contribution in [0.5, 0.6) is 0 Å². The summed E-state index contributed by atoms with van der Waals surface area (Å²) in [6.45, 7) is 2.24. The number of hydrogen-bond donors (Lipinski definition) is 1. The summed E-state index contributed by atoms with van der Waals surface area (Å²) in [5.41, 5.74) is 3.47. The molecule has 3 aromatic rings. The van der Waals surface area contributed by atoms with Crippen molar-refractivity contribution in [3.05, 3.63) is 77.9 Å². The molecule has 1 aliphatic heterocycles. The average Bonchev–Trinajstić information content (AvgIpc) is 2.85. The van der Waals surface area contributed by atoms with Gasteiger partial charge in [0.05, 0.1) is 12.4 Å². The maximum Gasteiger partial charge on any atom is 0.234 e. The van der Waals surface area contributed by atoms with Crippen molar-refractivity contribution in [2.45, 2.75) is 50.1 Å². The molecule has 3 aromatic carbocycles. The lowest BCUT2D eigenvalue weighted by Crippen LogP contribution is -2.51. The largest absolute Gasteiger partial charge is 0.384 e. The van der Waals surface area contributed by atoms with E-state index in [9.17, 15) is 8.42 Å². The fraction of sp³-hybridized carbons (Fsp3) is 0.429. The molecule has 0 radical (unpaired) electrons. The predicted octanol–water partition coefficient (Wildman–Crippen LogP) is 5.31. The maximum atomic E-state index is 12.4. The maximum absolute atomic E-state index is 12.4. The third-order valence-electron chi connectivity index (χ3n) is 7.77. The van der Waals surface area contributed by atoms with Gasteiger partial charge < -0.3 is 4.74 Å². The summed E-state index contributed by atoms with van der Waals surface area (Å²) < 4.78 is 32.4. The van der Waals surface area contributed by atoms with Gasteiger partial charge in [-0.2, -0.15) is 0 Å². The van der Waals surface area contributed by atoms with Gasteiger partial charge in [-0.25, -0.2) is 8.42 Å². The molecule has 1 aliphatic carbocycles. The summed E-state index contributed by atoms with van der Waals surface area (Å²) >= 11 is 0. The second kappa shape index (κ2) is 9.68. The average molecular weight is 479 g/mol. The minimum atomic E-state index is -3.41. The van der Waals surface area contributed by atoms with E-state index < -0.39 is 10.0 Å². The number of rotatable bonds is 8. The molecule has 5 nitrogen and oxygen atoms in total. The van der Waals surface area contributed by atoms with Gasteiger partial charge in [0.25, 0.3) is 0 Å². The normalized spacial score (nSPS) is 23.1. The van der Waals surface area contributed by atoms with E-state index in [4.69, 9.17) is 4.74 Å². The minimum Gasteiger partial charge on any atom is -0.384 e. The number of nitrogens with one attached hydrogen (secondary N) is 1. The Hall–Kier alpha value is -2.41.